The fraction of sp³-hybridized carbons (Fsp3) is 0.262. The number of ether oxygens (including phenoxy) is 5. The minimum absolute atomic E-state index is 0.113. The summed E-state index contributed by atoms with van der Waals surface area (Å²) in [4.78, 5) is 13.7. The molecular weight excluding hydrogens is 688 g/mol. The van der Waals surface area contributed by atoms with E-state index < -0.39 is 32.3 Å². The number of rotatable bonds is 14. The molecule has 0 N–H and O–H groups in total. The minimum atomic E-state index is -1.84. The lowest BCUT2D eigenvalue weighted by Gasteiger charge is -2.37. The maximum atomic E-state index is 13.7. The number of carbonyl (C=O) groups excluding carboxylic acids is 1. The van der Waals surface area contributed by atoms with E-state index in [9.17, 15) is 4.79 Å². The molecule has 1 amide bonds. The summed E-state index contributed by atoms with van der Waals surface area (Å²) in [6, 6.07) is 44.2. The number of hydrogen-bond acceptors (Lipinski definition) is 8. The van der Waals surface area contributed by atoms with E-state index in [1.807, 2.05) is 140 Å². The monoisotopic (exact) mass is 729 g/mol. The second kappa shape index (κ2) is 17.0. The zero-order valence-electron chi connectivity index (χ0n) is 29.7. The van der Waals surface area contributed by atoms with Crippen LogP contribution in [0.1, 0.15) is 34.8 Å². The predicted octanol–water partition coefficient (Wildman–Crippen LogP) is 7.59. The lowest BCUT2D eigenvalue weighted by molar-refractivity contribution is -0.128. The Labute approximate surface area is 313 Å². The third-order valence-corrected chi connectivity index (χ3v) is 11.1. The molecule has 0 aromatic heterocycles. The Bertz CT molecular complexity index is 1860. The van der Waals surface area contributed by atoms with Crippen LogP contribution in [0.5, 0.6) is 17.2 Å². The van der Waals surface area contributed by atoms with E-state index in [4.69, 9.17) is 40.6 Å². The van der Waals surface area contributed by atoms with Gasteiger partial charge in [-0.25, -0.2) is 0 Å². The molecule has 9 nitrogen and oxygen atoms in total. The molecular formula is C42H41BNO8P. The van der Waals surface area contributed by atoms with Crippen molar-refractivity contribution in [3.63, 3.8) is 0 Å². The summed E-state index contributed by atoms with van der Waals surface area (Å²) >= 11 is 0. The highest BCUT2D eigenvalue weighted by Crippen LogP contribution is 2.56. The van der Waals surface area contributed by atoms with Crippen LogP contribution in [-0.2, 0) is 28.9 Å². The number of amides is 1. The van der Waals surface area contributed by atoms with Gasteiger partial charge in [0.15, 0.2) is 6.61 Å². The summed E-state index contributed by atoms with van der Waals surface area (Å²) in [5.74, 6) is 1.82. The molecule has 5 aromatic carbocycles. The van der Waals surface area contributed by atoms with Crippen LogP contribution < -0.4 is 14.2 Å². The molecule has 2 fully saturated rings. The number of nitrogens with zero attached hydrogens (tertiary/aromatic N) is 1. The van der Waals surface area contributed by atoms with Gasteiger partial charge in [0, 0.05) is 6.00 Å². The van der Waals surface area contributed by atoms with Crippen molar-refractivity contribution in [2.75, 3.05) is 34.0 Å². The normalized spacial score (nSPS) is 21.3. The SMILES string of the molecule is [B][C@H]1CC(OP2OC(c3ccccc3)CN2C(=O)COc2ccccc2)[C@@H](COC(c2ccccc2)(c2ccc(OC)cc2)c2ccc(OC)cc2)O1. The highest BCUT2D eigenvalue weighted by molar-refractivity contribution is 7.45. The first-order valence-corrected chi connectivity index (χ1v) is 18.7. The van der Waals surface area contributed by atoms with Gasteiger partial charge in [0.25, 0.3) is 14.4 Å². The van der Waals surface area contributed by atoms with E-state index in [-0.39, 0.29) is 25.2 Å². The minimum Gasteiger partial charge on any atom is -0.497 e. The molecule has 3 unspecified atom stereocenters. The molecule has 0 bridgehead atoms. The Balaban J connectivity index is 1.17. The van der Waals surface area contributed by atoms with Crippen LogP contribution in [0.25, 0.3) is 0 Å². The quantitative estimate of drug-likeness (QED) is 0.0658. The summed E-state index contributed by atoms with van der Waals surface area (Å²) in [5.41, 5.74) is 2.58. The van der Waals surface area contributed by atoms with Gasteiger partial charge in [-0.2, -0.15) is 0 Å². The van der Waals surface area contributed by atoms with Gasteiger partial charge in [-0.05, 0) is 65.1 Å². The largest absolute Gasteiger partial charge is 0.497 e. The van der Waals surface area contributed by atoms with Crippen molar-refractivity contribution in [3.8, 4) is 17.2 Å². The summed E-state index contributed by atoms with van der Waals surface area (Å²) < 4.78 is 45.1. The molecule has 2 aliphatic heterocycles. The van der Waals surface area contributed by atoms with Gasteiger partial charge in [-0.3, -0.25) is 9.46 Å². The standard InChI is InChI=1S/C42H41BNO8P/c1-46-34-22-18-32(19-23-34)42(31-14-8-4-9-15-31,33-20-24-35(47-2)25-21-33)49-28-39-37(26-40(43)50-39)51-53-44(27-38(52-53)30-12-6-3-7-13-30)41(45)29-48-36-16-10-5-11-17-36/h3-25,37-40H,26-29H2,1-2H3/t37?,38?,39-,40-,53?/m1/s1. The van der Waals surface area contributed by atoms with Crippen LogP contribution in [0.2, 0.25) is 0 Å². The summed E-state index contributed by atoms with van der Waals surface area (Å²) in [6.45, 7) is 0.273. The van der Waals surface area contributed by atoms with Gasteiger partial charge in [0.05, 0.1) is 33.5 Å². The molecule has 270 valence electrons. The molecule has 53 heavy (non-hydrogen) atoms. The summed E-state index contributed by atoms with van der Waals surface area (Å²) in [6.07, 6.45) is -1.09. The third-order valence-electron chi connectivity index (χ3n) is 9.41. The maximum Gasteiger partial charge on any atom is 0.293 e. The van der Waals surface area contributed by atoms with Gasteiger partial charge in [-0.15, -0.1) is 0 Å². The second-order valence-corrected chi connectivity index (χ2v) is 14.1. The number of para-hydroxylation sites is 1. The van der Waals surface area contributed by atoms with Crippen molar-refractivity contribution in [2.45, 2.75) is 36.3 Å². The molecule has 2 saturated heterocycles. The molecule has 0 aliphatic carbocycles. The number of carbonyl (C=O) groups is 1. The van der Waals surface area contributed by atoms with Gasteiger partial charge in [-0.1, -0.05) is 103 Å². The van der Waals surface area contributed by atoms with Gasteiger partial charge >= 0.3 is 0 Å². The van der Waals surface area contributed by atoms with Crippen molar-refractivity contribution in [1.29, 1.82) is 0 Å². The number of hydrogen-bond donors (Lipinski definition) is 0. The summed E-state index contributed by atoms with van der Waals surface area (Å²) in [5, 5.41) is 0. The lowest BCUT2D eigenvalue weighted by atomic mass is 9.80. The molecule has 5 atom stereocenters. The second-order valence-electron chi connectivity index (χ2n) is 12.7. The van der Waals surface area contributed by atoms with Crippen LogP contribution in [-0.4, -0.2) is 70.6 Å². The van der Waals surface area contributed by atoms with Crippen LogP contribution in [0.15, 0.2) is 140 Å². The van der Waals surface area contributed by atoms with E-state index in [1.165, 1.54) is 0 Å². The molecule has 11 heteroatoms. The van der Waals surface area contributed by atoms with E-state index in [2.05, 4.69) is 0 Å². The van der Waals surface area contributed by atoms with Gasteiger partial charge < -0.3 is 32.7 Å². The Morgan fingerprint density at radius 3 is 1.89 bits per heavy atom. The fourth-order valence-electron chi connectivity index (χ4n) is 6.67. The highest BCUT2D eigenvalue weighted by atomic mass is 31.2. The molecule has 0 spiro atoms. The zero-order chi connectivity index (χ0) is 36.6. The van der Waals surface area contributed by atoms with Crippen molar-refractivity contribution >= 4 is 22.3 Å². The topological polar surface area (TPSA) is 84.9 Å². The molecule has 2 radical (unpaired) electrons. The van der Waals surface area contributed by atoms with Crippen molar-refractivity contribution in [2.24, 2.45) is 0 Å². The van der Waals surface area contributed by atoms with Crippen LogP contribution in [0.3, 0.4) is 0 Å². The Hall–Kier alpha value is -4.70. The Morgan fingerprint density at radius 2 is 1.30 bits per heavy atom. The maximum absolute atomic E-state index is 13.7. The van der Waals surface area contributed by atoms with E-state index in [0.29, 0.717) is 18.7 Å². The average molecular weight is 730 g/mol. The Kier molecular flexibility index (Phi) is 11.7. The van der Waals surface area contributed by atoms with Crippen LogP contribution >= 0.6 is 8.53 Å². The first kappa shape index (κ1) is 36.7. The van der Waals surface area contributed by atoms with E-state index in [0.717, 1.165) is 33.8 Å². The lowest BCUT2D eigenvalue weighted by Crippen LogP contribution is -2.38. The molecule has 2 aliphatic rings. The first-order valence-electron chi connectivity index (χ1n) is 17.5. The van der Waals surface area contributed by atoms with Gasteiger partial charge in [0.1, 0.15) is 42.9 Å². The van der Waals surface area contributed by atoms with Gasteiger partial charge in [0.2, 0.25) is 0 Å². The molecule has 7 rings (SSSR count). The number of methoxy groups -OCH3 is 2. The number of benzene rings is 5. The van der Waals surface area contributed by atoms with Crippen molar-refractivity contribution in [1.82, 2.24) is 4.67 Å². The van der Waals surface area contributed by atoms with Crippen molar-refractivity contribution < 1.29 is 37.5 Å². The summed E-state index contributed by atoms with van der Waals surface area (Å²) in [7, 11) is 7.87. The van der Waals surface area contributed by atoms with E-state index in [1.54, 1.807) is 18.9 Å². The molecule has 2 heterocycles. The van der Waals surface area contributed by atoms with E-state index >= 15 is 0 Å². The predicted molar refractivity (Wildman–Crippen MR) is 203 cm³/mol. The van der Waals surface area contributed by atoms with Crippen LogP contribution in [0.4, 0.5) is 0 Å². The smallest absolute Gasteiger partial charge is 0.293 e. The zero-order valence-corrected chi connectivity index (χ0v) is 30.5. The van der Waals surface area contributed by atoms with Crippen LogP contribution in [0, 0.1) is 0 Å². The fourth-order valence-corrected chi connectivity index (χ4v) is 8.33. The third kappa shape index (κ3) is 8.28. The highest BCUT2D eigenvalue weighted by Gasteiger charge is 2.46. The average Bonchev–Trinajstić information content (AvgIpc) is 3.81. The first-order chi connectivity index (χ1) is 26.0. The van der Waals surface area contributed by atoms with Crippen molar-refractivity contribution in [3.05, 3.63) is 162 Å². The Morgan fingerprint density at radius 1 is 0.755 bits per heavy atom. The molecule has 5 aromatic rings. The molecule has 0 saturated carbocycles.